The quantitative estimate of drug-likeness (QED) is 0.773. The molecule has 1 N–H and O–H groups in total. The predicted molar refractivity (Wildman–Crippen MR) is 83.0 cm³/mol. The lowest BCUT2D eigenvalue weighted by atomic mass is 10.0. The second-order valence-corrected chi connectivity index (χ2v) is 4.88. The van der Waals surface area contributed by atoms with Crippen LogP contribution < -0.4 is 0 Å². The van der Waals surface area contributed by atoms with E-state index in [2.05, 4.69) is 43.0 Å². The number of fused-ring (bicyclic) bond motifs is 1. The molecule has 0 aliphatic carbocycles. The van der Waals surface area contributed by atoms with Crippen LogP contribution in [0.4, 0.5) is 0 Å². The number of benzene rings is 2. The Kier molecular flexibility index (Phi) is 4.53. The van der Waals surface area contributed by atoms with Gasteiger partial charge in [-0.2, -0.15) is 0 Å². The first-order chi connectivity index (χ1) is 9.20. The van der Waals surface area contributed by atoms with Crippen molar-refractivity contribution in [1.29, 1.82) is 0 Å². The van der Waals surface area contributed by atoms with Crippen molar-refractivity contribution >= 4 is 16.8 Å². The molecule has 2 rings (SSSR count). The fraction of sp³-hybridized carbons (Fsp3) is 0.222. The van der Waals surface area contributed by atoms with E-state index in [1.165, 1.54) is 10.8 Å². The maximum Gasteiger partial charge on any atom is 0.0753 e. The zero-order chi connectivity index (χ0) is 13.7. The Labute approximate surface area is 114 Å². The number of hydrogen-bond donors (Lipinski definition) is 1. The van der Waals surface area contributed by atoms with Crippen molar-refractivity contribution in [1.82, 2.24) is 0 Å². The van der Waals surface area contributed by atoms with Gasteiger partial charge in [0, 0.05) is 0 Å². The number of hydrogen-bond acceptors (Lipinski definition) is 1. The molecule has 1 unspecified atom stereocenters. The second-order valence-electron chi connectivity index (χ2n) is 4.88. The van der Waals surface area contributed by atoms with E-state index >= 15 is 0 Å². The average molecular weight is 252 g/mol. The van der Waals surface area contributed by atoms with Crippen LogP contribution in [0.25, 0.3) is 16.8 Å². The highest BCUT2D eigenvalue weighted by Gasteiger charge is 2.05. The molecule has 0 amide bonds. The number of aliphatic hydroxyl groups is 1. The number of allylic oxidation sites excluding steroid dienone is 1. The molecule has 0 heterocycles. The molecule has 0 aliphatic heterocycles. The zero-order valence-corrected chi connectivity index (χ0v) is 11.3. The topological polar surface area (TPSA) is 20.2 Å². The van der Waals surface area contributed by atoms with Crippen LogP contribution in [0.3, 0.4) is 0 Å². The first-order valence-corrected chi connectivity index (χ1v) is 6.66. The van der Waals surface area contributed by atoms with E-state index in [4.69, 9.17) is 0 Å². The SMILES string of the molecule is C=CCCC(O)/C(C)=C/c1ccc2ccccc2c1. The minimum absolute atomic E-state index is 0.385. The monoisotopic (exact) mass is 252 g/mol. The number of aliphatic hydroxyl groups excluding tert-OH is 1. The van der Waals surface area contributed by atoms with E-state index in [1.54, 1.807) is 0 Å². The Balaban J connectivity index is 2.21. The van der Waals surface area contributed by atoms with Gasteiger partial charge < -0.3 is 5.11 Å². The summed E-state index contributed by atoms with van der Waals surface area (Å²) in [5.74, 6) is 0. The Bertz CT molecular complexity index is 595. The molecule has 2 aromatic rings. The van der Waals surface area contributed by atoms with Crippen molar-refractivity contribution in [2.45, 2.75) is 25.9 Å². The van der Waals surface area contributed by atoms with Crippen LogP contribution in [-0.4, -0.2) is 11.2 Å². The van der Waals surface area contributed by atoms with E-state index in [9.17, 15) is 5.11 Å². The minimum atomic E-state index is -0.385. The molecule has 2 aromatic carbocycles. The molecule has 0 saturated carbocycles. The normalized spacial score (nSPS) is 13.5. The van der Waals surface area contributed by atoms with Gasteiger partial charge in [-0.3, -0.25) is 0 Å². The van der Waals surface area contributed by atoms with Gasteiger partial charge in [0.05, 0.1) is 6.10 Å². The van der Waals surface area contributed by atoms with Crippen LogP contribution in [0.1, 0.15) is 25.3 Å². The molecule has 0 bridgehead atoms. The summed E-state index contributed by atoms with van der Waals surface area (Å²) in [6, 6.07) is 14.7. The van der Waals surface area contributed by atoms with Crippen molar-refractivity contribution in [3.63, 3.8) is 0 Å². The molecule has 1 heteroatoms. The molecule has 0 saturated heterocycles. The zero-order valence-electron chi connectivity index (χ0n) is 11.3. The van der Waals surface area contributed by atoms with Gasteiger partial charge in [-0.1, -0.05) is 48.6 Å². The molecule has 1 nitrogen and oxygen atoms in total. The third kappa shape index (κ3) is 3.55. The first-order valence-electron chi connectivity index (χ1n) is 6.66. The fourth-order valence-electron chi connectivity index (χ4n) is 2.16. The Morgan fingerprint density at radius 2 is 1.95 bits per heavy atom. The van der Waals surface area contributed by atoms with E-state index in [-0.39, 0.29) is 6.10 Å². The maximum atomic E-state index is 10.0. The Hall–Kier alpha value is -1.86. The third-order valence-corrected chi connectivity index (χ3v) is 3.34. The van der Waals surface area contributed by atoms with Crippen LogP contribution >= 0.6 is 0 Å². The molecule has 0 aliphatic rings. The van der Waals surface area contributed by atoms with E-state index < -0.39 is 0 Å². The molecule has 98 valence electrons. The lowest BCUT2D eigenvalue weighted by Gasteiger charge is -2.10. The van der Waals surface area contributed by atoms with Gasteiger partial charge in [-0.15, -0.1) is 6.58 Å². The maximum absolute atomic E-state index is 10.0. The molecule has 0 spiro atoms. The largest absolute Gasteiger partial charge is 0.389 e. The summed E-state index contributed by atoms with van der Waals surface area (Å²) in [5.41, 5.74) is 2.13. The van der Waals surface area contributed by atoms with Crippen LogP contribution in [0.2, 0.25) is 0 Å². The summed E-state index contributed by atoms with van der Waals surface area (Å²) in [5, 5.41) is 12.5. The van der Waals surface area contributed by atoms with Crippen LogP contribution in [-0.2, 0) is 0 Å². The highest BCUT2D eigenvalue weighted by atomic mass is 16.3. The summed E-state index contributed by atoms with van der Waals surface area (Å²) in [6.07, 6.45) is 5.08. The van der Waals surface area contributed by atoms with Gasteiger partial charge in [0.25, 0.3) is 0 Å². The van der Waals surface area contributed by atoms with Crippen molar-refractivity contribution in [3.05, 3.63) is 66.3 Å². The lowest BCUT2D eigenvalue weighted by Crippen LogP contribution is -2.07. The highest BCUT2D eigenvalue weighted by Crippen LogP contribution is 2.19. The summed E-state index contributed by atoms with van der Waals surface area (Å²) >= 11 is 0. The summed E-state index contributed by atoms with van der Waals surface area (Å²) in [6.45, 7) is 5.65. The molecule has 1 atom stereocenters. The van der Waals surface area contributed by atoms with Crippen LogP contribution in [0.5, 0.6) is 0 Å². The van der Waals surface area contributed by atoms with E-state index in [1.807, 2.05) is 25.1 Å². The van der Waals surface area contributed by atoms with Gasteiger partial charge in [-0.05, 0) is 47.7 Å². The number of rotatable bonds is 5. The lowest BCUT2D eigenvalue weighted by molar-refractivity contribution is 0.203. The van der Waals surface area contributed by atoms with Gasteiger partial charge in [0.2, 0.25) is 0 Å². The molecule has 0 radical (unpaired) electrons. The van der Waals surface area contributed by atoms with Gasteiger partial charge in [-0.25, -0.2) is 0 Å². The molecular formula is C18H20O. The van der Waals surface area contributed by atoms with Gasteiger partial charge >= 0.3 is 0 Å². The fourth-order valence-corrected chi connectivity index (χ4v) is 2.16. The summed E-state index contributed by atoms with van der Waals surface area (Å²) < 4.78 is 0. The molecule has 0 aromatic heterocycles. The highest BCUT2D eigenvalue weighted by molar-refractivity contribution is 5.84. The van der Waals surface area contributed by atoms with Crippen molar-refractivity contribution in [2.75, 3.05) is 0 Å². The standard InChI is InChI=1S/C18H20O/c1-3-4-9-18(19)14(2)12-15-10-11-16-7-5-6-8-17(16)13-15/h3,5-8,10-13,18-19H,1,4,9H2,2H3/b14-12+. The van der Waals surface area contributed by atoms with Crippen LogP contribution in [0.15, 0.2) is 60.7 Å². The minimum Gasteiger partial charge on any atom is -0.389 e. The predicted octanol–water partition coefficient (Wildman–Crippen LogP) is 4.57. The molecule has 0 fully saturated rings. The molecule has 19 heavy (non-hydrogen) atoms. The van der Waals surface area contributed by atoms with Crippen molar-refractivity contribution in [3.8, 4) is 0 Å². The Morgan fingerprint density at radius 1 is 1.21 bits per heavy atom. The van der Waals surface area contributed by atoms with Gasteiger partial charge in [0.1, 0.15) is 0 Å². The summed E-state index contributed by atoms with van der Waals surface area (Å²) in [4.78, 5) is 0. The molecular weight excluding hydrogens is 232 g/mol. The van der Waals surface area contributed by atoms with E-state index in [0.717, 1.165) is 24.0 Å². The van der Waals surface area contributed by atoms with Crippen LogP contribution in [0, 0.1) is 0 Å². The third-order valence-electron chi connectivity index (χ3n) is 3.34. The van der Waals surface area contributed by atoms with Crippen molar-refractivity contribution < 1.29 is 5.11 Å². The smallest absolute Gasteiger partial charge is 0.0753 e. The Morgan fingerprint density at radius 3 is 2.68 bits per heavy atom. The first kappa shape index (κ1) is 13.6. The van der Waals surface area contributed by atoms with Gasteiger partial charge in [0.15, 0.2) is 0 Å². The summed E-state index contributed by atoms with van der Waals surface area (Å²) in [7, 11) is 0. The average Bonchev–Trinajstić information content (AvgIpc) is 2.44. The van der Waals surface area contributed by atoms with E-state index in [0.29, 0.717) is 0 Å². The second kappa shape index (κ2) is 6.35. The van der Waals surface area contributed by atoms with Crippen molar-refractivity contribution in [2.24, 2.45) is 0 Å².